The Morgan fingerprint density at radius 2 is 0.830 bits per heavy atom. The van der Waals surface area contributed by atoms with Gasteiger partial charge in [0.05, 0.1) is 10.7 Å². The summed E-state index contributed by atoms with van der Waals surface area (Å²) in [5.74, 6) is 0. The average molecular weight is 659 g/mol. The minimum absolute atomic E-state index is 0.730. The lowest BCUT2D eigenvalue weighted by Gasteiger charge is -2.26. The summed E-state index contributed by atoms with van der Waals surface area (Å²) in [5.41, 5.74) is 6.51. The molecule has 2 heterocycles. The number of thiophene rings is 2. The Morgan fingerprint density at radius 1 is 0.340 bits per heavy atom. The van der Waals surface area contributed by atoms with Gasteiger partial charge in [-0.25, -0.2) is 0 Å². The number of rotatable bonds is 6. The second-order valence-electron chi connectivity index (χ2n) is 11.5. The van der Waals surface area contributed by atoms with Gasteiger partial charge in [-0.2, -0.15) is 0 Å². The summed E-state index contributed by atoms with van der Waals surface area (Å²) in [7, 11) is 0. The van der Waals surface area contributed by atoms with Crippen molar-refractivity contribution >= 4 is 109 Å². The van der Waals surface area contributed by atoms with Gasteiger partial charge in [0, 0.05) is 68.8 Å². The Labute approximate surface area is 285 Å². The van der Waals surface area contributed by atoms with Gasteiger partial charge in [-0.05, 0) is 84.9 Å². The van der Waals surface area contributed by atoms with Crippen LogP contribution in [0.25, 0.3) is 40.3 Å². The highest BCUT2D eigenvalue weighted by molar-refractivity contribution is 7.26. The molecule has 224 valence electrons. The highest BCUT2D eigenvalue weighted by Gasteiger charge is 2.20. The molecule has 0 spiro atoms. The Kier molecular flexibility index (Phi) is 6.93. The van der Waals surface area contributed by atoms with Gasteiger partial charge in [0.25, 0.3) is 0 Å². The average Bonchev–Trinajstić information content (AvgIpc) is 3.67. The van der Waals surface area contributed by atoms with Crippen LogP contribution >= 0.6 is 34.3 Å². The molecule has 0 fully saturated rings. The number of para-hydroxylation sites is 3. The van der Waals surface area contributed by atoms with E-state index in [4.69, 9.17) is 11.6 Å². The van der Waals surface area contributed by atoms with E-state index in [0.717, 1.165) is 39.1 Å². The van der Waals surface area contributed by atoms with Crippen LogP contribution in [0.5, 0.6) is 0 Å². The van der Waals surface area contributed by atoms with Crippen LogP contribution in [0, 0.1) is 0 Å². The van der Waals surface area contributed by atoms with Crippen molar-refractivity contribution in [2.45, 2.75) is 0 Å². The van der Waals surface area contributed by atoms with Crippen LogP contribution < -0.4 is 9.80 Å². The molecule has 0 aliphatic heterocycles. The summed E-state index contributed by atoms with van der Waals surface area (Å²) in [5, 5.41) is 5.67. The molecule has 0 radical (unpaired) electrons. The topological polar surface area (TPSA) is 6.48 Å². The van der Waals surface area contributed by atoms with Crippen LogP contribution in [-0.4, -0.2) is 0 Å². The van der Waals surface area contributed by atoms with Crippen LogP contribution in [0.4, 0.5) is 34.1 Å². The van der Waals surface area contributed by atoms with Crippen molar-refractivity contribution in [2.75, 3.05) is 9.80 Å². The molecule has 0 bridgehead atoms. The number of benzene rings is 7. The van der Waals surface area contributed by atoms with Crippen LogP contribution in [0.3, 0.4) is 0 Å². The monoisotopic (exact) mass is 658 g/mol. The van der Waals surface area contributed by atoms with Gasteiger partial charge in [-0.3, -0.25) is 0 Å². The van der Waals surface area contributed by atoms with Crippen molar-refractivity contribution in [1.29, 1.82) is 0 Å². The molecule has 2 aromatic heterocycles. The third-order valence-electron chi connectivity index (χ3n) is 8.69. The quantitative estimate of drug-likeness (QED) is 0.175. The first-order valence-corrected chi connectivity index (χ1v) is 17.5. The summed E-state index contributed by atoms with van der Waals surface area (Å²) < 4.78 is 4.99. The van der Waals surface area contributed by atoms with Gasteiger partial charge in [0.1, 0.15) is 0 Å². The fourth-order valence-electron chi connectivity index (χ4n) is 6.54. The number of hydrogen-bond donors (Lipinski definition) is 0. The molecule has 0 aliphatic carbocycles. The van der Waals surface area contributed by atoms with Gasteiger partial charge in [0.2, 0.25) is 0 Å². The van der Waals surface area contributed by atoms with Crippen molar-refractivity contribution in [1.82, 2.24) is 0 Å². The zero-order valence-corrected chi connectivity index (χ0v) is 27.6. The normalized spacial score (nSPS) is 11.5. The minimum atomic E-state index is 0.730. The minimum Gasteiger partial charge on any atom is -0.310 e. The Bertz CT molecular complexity index is 2500. The molecule has 0 amide bonds. The standard InChI is InChI=1S/C42H27ClN2S2/c43-37-26-36-33-18-10-11-19-39(33)46-42(36)27-38(37)45(30-16-8-3-9-17-30)32-20-22-34-35-24-31(21-23-40(35)47-41(34)25-32)44(28-12-4-1-5-13-28)29-14-6-2-7-15-29/h1-27H. The molecule has 7 aromatic carbocycles. The van der Waals surface area contributed by atoms with Crippen LogP contribution in [0.1, 0.15) is 0 Å². The number of halogens is 1. The number of anilines is 6. The van der Waals surface area contributed by atoms with Gasteiger partial charge >= 0.3 is 0 Å². The Hall–Kier alpha value is -5.13. The lowest BCUT2D eigenvalue weighted by Crippen LogP contribution is -2.10. The largest absolute Gasteiger partial charge is 0.310 e. The van der Waals surface area contributed by atoms with Crippen molar-refractivity contribution in [3.63, 3.8) is 0 Å². The third-order valence-corrected chi connectivity index (χ3v) is 11.3. The summed E-state index contributed by atoms with van der Waals surface area (Å²) in [4.78, 5) is 4.61. The predicted molar refractivity (Wildman–Crippen MR) is 207 cm³/mol. The first-order chi connectivity index (χ1) is 23.2. The van der Waals surface area contributed by atoms with E-state index in [1.54, 1.807) is 0 Å². The second-order valence-corrected chi connectivity index (χ2v) is 14.1. The zero-order valence-electron chi connectivity index (χ0n) is 25.2. The van der Waals surface area contributed by atoms with Crippen molar-refractivity contribution < 1.29 is 0 Å². The second kappa shape index (κ2) is 11.6. The Balaban J connectivity index is 1.19. The maximum absolute atomic E-state index is 7.15. The number of fused-ring (bicyclic) bond motifs is 6. The van der Waals surface area contributed by atoms with Gasteiger partial charge < -0.3 is 9.80 Å². The number of hydrogen-bond acceptors (Lipinski definition) is 4. The number of nitrogens with zero attached hydrogens (tertiary/aromatic N) is 2. The van der Waals surface area contributed by atoms with E-state index in [2.05, 4.69) is 174 Å². The van der Waals surface area contributed by atoms with E-state index in [1.165, 1.54) is 40.3 Å². The first-order valence-electron chi connectivity index (χ1n) is 15.5. The van der Waals surface area contributed by atoms with E-state index in [0.29, 0.717) is 0 Å². The van der Waals surface area contributed by atoms with Crippen LogP contribution in [0.2, 0.25) is 5.02 Å². The third kappa shape index (κ3) is 4.93. The zero-order chi connectivity index (χ0) is 31.3. The summed E-state index contributed by atoms with van der Waals surface area (Å²) in [6.45, 7) is 0. The summed E-state index contributed by atoms with van der Waals surface area (Å²) in [6.07, 6.45) is 0. The van der Waals surface area contributed by atoms with Gasteiger partial charge in [-0.1, -0.05) is 90.5 Å². The van der Waals surface area contributed by atoms with Crippen molar-refractivity contribution in [3.8, 4) is 0 Å². The molecule has 0 saturated carbocycles. The van der Waals surface area contributed by atoms with Crippen molar-refractivity contribution in [3.05, 3.63) is 169 Å². The van der Waals surface area contributed by atoms with E-state index in [9.17, 15) is 0 Å². The fraction of sp³-hybridized carbons (Fsp3) is 0. The van der Waals surface area contributed by atoms with E-state index >= 15 is 0 Å². The van der Waals surface area contributed by atoms with E-state index < -0.39 is 0 Å². The first kappa shape index (κ1) is 28.1. The molecular formula is C42H27ClN2S2. The molecule has 0 N–H and O–H groups in total. The molecule has 0 unspecified atom stereocenters. The van der Waals surface area contributed by atoms with E-state index in [-0.39, 0.29) is 0 Å². The van der Waals surface area contributed by atoms with Crippen LogP contribution in [0.15, 0.2) is 164 Å². The summed E-state index contributed by atoms with van der Waals surface area (Å²) in [6, 6.07) is 58.2. The maximum atomic E-state index is 7.15. The lowest BCUT2D eigenvalue weighted by atomic mass is 10.1. The maximum Gasteiger partial charge on any atom is 0.0662 e. The molecule has 47 heavy (non-hydrogen) atoms. The van der Waals surface area contributed by atoms with E-state index in [1.807, 2.05) is 22.7 Å². The summed E-state index contributed by atoms with van der Waals surface area (Å²) >= 11 is 10.8. The van der Waals surface area contributed by atoms with Gasteiger partial charge in [-0.15, -0.1) is 22.7 Å². The Morgan fingerprint density at radius 3 is 1.51 bits per heavy atom. The predicted octanol–water partition coefficient (Wildman–Crippen LogP) is 14.0. The molecule has 9 aromatic rings. The highest BCUT2D eigenvalue weighted by Crippen LogP contribution is 2.47. The SMILES string of the molecule is Clc1cc2c(cc1N(c1ccccc1)c1ccc3c(c1)sc1ccc(N(c4ccccc4)c4ccccc4)cc13)sc1ccccc12. The molecule has 0 saturated heterocycles. The van der Waals surface area contributed by atoms with Crippen molar-refractivity contribution in [2.24, 2.45) is 0 Å². The molecule has 0 aliphatic rings. The lowest BCUT2D eigenvalue weighted by molar-refractivity contribution is 1.29. The molecule has 2 nitrogen and oxygen atoms in total. The molecule has 9 rings (SSSR count). The molecular weight excluding hydrogens is 632 g/mol. The van der Waals surface area contributed by atoms with Gasteiger partial charge in [0.15, 0.2) is 0 Å². The fourth-order valence-corrected chi connectivity index (χ4v) is 9.03. The molecule has 5 heteroatoms. The smallest absolute Gasteiger partial charge is 0.0662 e. The van der Waals surface area contributed by atoms with Crippen LogP contribution in [-0.2, 0) is 0 Å². The highest BCUT2D eigenvalue weighted by atomic mass is 35.5. The molecule has 0 atom stereocenters.